The molecule has 1 aromatic heterocycles. The molecule has 1 heterocycles. The number of hydrogen-bond acceptors (Lipinski definition) is 1. The van der Waals surface area contributed by atoms with Crippen LogP contribution < -0.4 is 9.88 Å². The molecule has 0 bridgehead atoms. The molecule has 0 aliphatic rings. The molecule has 0 aliphatic heterocycles. The quantitative estimate of drug-likeness (QED) is 0.812. The van der Waals surface area contributed by atoms with Crippen LogP contribution in [0.2, 0.25) is 0 Å². The molecule has 21 heavy (non-hydrogen) atoms. The molecule has 1 atom stereocenters. The second-order valence-electron chi connectivity index (χ2n) is 5.54. The van der Waals surface area contributed by atoms with Gasteiger partial charge in [-0.15, -0.1) is 0 Å². The summed E-state index contributed by atoms with van der Waals surface area (Å²) in [7, 11) is 0. The zero-order valence-electron chi connectivity index (χ0n) is 12.8. The van der Waals surface area contributed by atoms with Gasteiger partial charge in [-0.1, -0.05) is 30.3 Å². The Labute approximate surface area is 126 Å². The number of rotatable bonds is 6. The first kappa shape index (κ1) is 15.2. The van der Waals surface area contributed by atoms with Crippen LogP contribution in [0, 0.1) is 6.92 Å². The molecule has 110 valence electrons. The van der Waals surface area contributed by atoms with Gasteiger partial charge in [0.15, 0.2) is 12.4 Å². The van der Waals surface area contributed by atoms with Gasteiger partial charge >= 0.3 is 0 Å². The van der Waals surface area contributed by atoms with Gasteiger partial charge in [0.25, 0.3) is 5.91 Å². The van der Waals surface area contributed by atoms with Crippen LogP contribution in [0.25, 0.3) is 0 Å². The number of carbonyl (C=O) groups excluding carboxylic acids is 1. The summed E-state index contributed by atoms with van der Waals surface area (Å²) < 4.78 is 1.90. The highest BCUT2D eigenvalue weighted by atomic mass is 16.2. The summed E-state index contributed by atoms with van der Waals surface area (Å²) in [5.41, 5.74) is 2.51. The van der Waals surface area contributed by atoms with Crippen LogP contribution in [0.15, 0.2) is 54.9 Å². The van der Waals surface area contributed by atoms with E-state index >= 15 is 0 Å². The van der Waals surface area contributed by atoms with E-state index in [9.17, 15) is 4.79 Å². The molecule has 0 fully saturated rings. The minimum atomic E-state index is 0.0596. The minimum absolute atomic E-state index is 0.0596. The number of hydrogen-bond donors (Lipinski definition) is 1. The van der Waals surface area contributed by atoms with Gasteiger partial charge in [-0.2, -0.15) is 4.57 Å². The van der Waals surface area contributed by atoms with Crippen LogP contribution in [0.5, 0.6) is 0 Å². The maximum absolute atomic E-state index is 12.0. The van der Waals surface area contributed by atoms with E-state index in [1.807, 2.05) is 54.2 Å². The summed E-state index contributed by atoms with van der Waals surface area (Å²) in [6.45, 7) is 4.46. The van der Waals surface area contributed by atoms with E-state index in [4.69, 9.17) is 0 Å². The van der Waals surface area contributed by atoms with E-state index in [0.29, 0.717) is 6.54 Å². The van der Waals surface area contributed by atoms with Gasteiger partial charge in [-0.3, -0.25) is 4.79 Å². The summed E-state index contributed by atoms with van der Waals surface area (Å²) in [5, 5.41) is 3.05. The predicted octanol–water partition coefficient (Wildman–Crippen LogP) is 2.42. The summed E-state index contributed by atoms with van der Waals surface area (Å²) in [6, 6.07) is 14.6. The third-order valence-corrected chi connectivity index (χ3v) is 3.50. The number of amides is 1. The van der Waals surface area contributed by atoms with Crippen LogP contribution in [-0.4, -0.2) is 11.9 Å². The van der Waals surface area contributed by atoms with Gasteiger partial charge < -0.3 is 5.32 Å². The summed E-state index contributed by atoms with van der Waals surface area (Å²) in [6.07, 6.45) is 5.81. The fraction of sp³-hybridized carbons (Fsp3) is 0.333. The Morgan fingerprint density at radius 1 is 1.14 bits per heavy atom. The molecule has 1 amide bonds. The fourth-order valence-corrected chi connectivity index (χ4v) is 2.22. The normalized spacial score (nSPS) is 11.9. The number of nitrogens with zero attached hydrogens (tertiary/aromatic N) is 1. The molecule has 1 aromatic carbocycles. The van der Waals surface area contributed by atoms with Crippen molar-refractivity contribution in [1.29, 1.82) is 0 Å². The van der Waals surface area contributed by atoms with E-state index < -0.39 is 0 Å². The maximum Gasteiger partial charge on any atom is 0.286 e. The fourth-order valence-electron chi connectivity index (χ4n) is 2.22. The van der Waals surface area contributed by atoms with Crippen molar-refractivity contribution in [3.63, 3.8) is 0 Å². The average Bonchev–Trinajstić information content (AvgIpc) is 2.48. The molecule has 1 N–H and O–H groups in total. The third kappa shape index (κ3) is 5.38. The number of benzene rings is 1. The Morgan fingerprint density at radius 3 is 2.48 bits per heavy atom. The smallest absolute Gasteiger partial charge is 0.286 e. The van der Waals surface area contributed by atoms with E-state index in [-0.39, 0.29) is 11.9 Å². The van der Waals surface area contributed by atoms with Gasteiger partial charge in [-0.25, -0.2) is 0 Å². The number of nitrogens with one attached hydrogen (secondary N) is 1. The van der Waals surface area contributed by atoms with Crippen molar-refractivity contribution in [2.75, 3.05) is 0 Å². The van der Waals surface area contributed by atoms with Crippen LogP contribution in [0.3, 0.4) is 0 Å². The number of carbonyl (C=O) groups is 1. The van der Waals surface area contributed by atoms with Crippen LogP contribution in [-0.2, 0) is 17.8 Å². The first-order chi connectivity index (χ1) is 10.1. The van der Waals surface area contributed by atoms with Crippen LogP contribution >= 0.6 is 0 Å². The van der Waals surface area contributed by atoms with Crippen molar-refractivity contribution < 1.29 is 9.36 Å². The molecule has 0 aliphatic carbocycles. The minimum Gasteiger partial charge on any atom is -0.348 e. The number of aromatic nitrogens is 1. The lowest BCUT2D eigenvalue weighted by molar-refractivity contribution is -0.684. The Hall–Kier alpha value is -2.16. The molecule has 0 unspecified atom stereocenters. The lowest BCUT2D eigenvalue weighted by Crippen LogP contribution is -2.45. The van der Waals surface area contributed by atoms with Crippen LogP contribution in [0.4, 0.5) is 0 Å². The predicted molar refractivity (Wildman–Crippen MR) is 83.7 cm³/mol. The molecule has 0 radical (unpaired) electrons. The van der Waals surface area contributed by atoms with E-state index in [1.165, 1.54) is 11.1 Å². The highest BCUT2D eigenvalue weighted by molar-refractivity contribution is 5.74. The number of pyridine rings is 1. The van der Waals surface area contributed by atoms with E-state index in [0.717, 1.165) is 12.8 Å². The van der Waals surface area contributed by atoms with Crippen LogP contribution in [0.1, 0.15) is 24.5 Å². The Kier molecular flexibility index (Phi) is 5.50. The molecular weight excluding hydrogens is 260 g/mol. The first-order valence-corrected chi connectivity index (χ1v) is 7.42. The van der Waals surface area contributed by atoms with Gasteiger partial charge in [0.1, 0.15) is 0 Å². The zero-order valence-corrected chi connectivity index (χ0v) is 12.8. The summed E-state index contributed by atoms with van der Waals surface area (Å²) >= 11 is 0. The first-order valence-electron chi connectivity index (χ1n) is 7.42. The van der Waals surface area contributed by atoms with Crippen molar-refractivity contribution in [1.82, 2.24) is 5.32 Å². The summed E-state index contributed by atoms with van der Waals surface area (Å²) in [5.74, 6) is 0.0596. The largest absolute Gasteiger partial charge is 0.348 e. The Bertz CT molecular complexity index is 564. The van der Waals surface area contributed by atoms with Gasteiger partial charge in [0.2, 0.25) is 6.54 Å². The third-order valence-electron chi connectivity index (χ3n) is 3.50. The second-order valence-corrected chi connectivity index (χ2v) is 5.54. The molecule has 0 spiro atoms. The SMILES string of the molecule is Cc1cc[n+](CC(=O)N[C@H](C)CCc2ccccc2)cc1. The number of aryl methyl sites for hydroxylation is 2. The Balaban J connectivity index is 1.75. The zero-order chi connectivity index (χ0) is 15.1. The van der Waals surface area contributed by atoms with Gasteiger partial charge in [-0.05, 0) is 37.8 Å². The molecule has 3 heteroatoms. The maximum atomic E-state index is 12.0. The monoisotopic (exact) mass is 283 g/mol. The summed E-state index contributed by atoms with van der Waals surface area (Å²) in [4.78, 5) is 12.0. The Morgan fingerprint density at radius 2 is 1.81 bits per heavy atom. The van der Waals surface area contributed by atoms with E-state index in [1.54, 1.807) is 0 Å². The van der Waals surface area contributed by atoms with Crippen molar-refractivity contribution in [3.8, 4) is 0 Å². The highest BCUT2D eigenvalue weighted by Crippen LogP contribution is 2.04. The lowest BCUT2D eigenvalue weighted by atomic mass is 10.1. The molecule has 0 saturated carbocycles. The molecule has 0 saturated heterocycles. The molecule has 2 aromatic rings. The molecule has 3 nitrogen and oxygen atoms in total. The molecule has 2 rings (SSSR count). The van der Waals surface area contributed by atoms with Gasteiger partial charge in [0.05, 0.1) is 0 Å². The molecular formula is C18H23N2O+. The topological polar surface area (TPSA) is 33.0 Å². The van der Waals surface area contributed by atoms with E-state index in [2.05, 4.69) is 24.4 Å². The van der Waals surface area contributed by atoms with Crippen molar-refractivity contribution in [2.45, 2.75) is 39.3 Å². The van der Waals surface area contributed by atoms with Crippen molar-refractivity contribution in [2.24, 2.45) is 0 Å². The standard InChI is InChI=1S/C18H22N2O/c1-15-10-12-20(13-11-15)14-18(21)19-16(2)8-9-17-6-4-3-5-7-17/h3-7,10-13,16H,8-9,14H2,1-2H3/p+1/t16-/m1/s1. The van der Waals surface area contributed by atoms with Crippen molar-refractivity contribution >= 4 is 5.91 Å². The lowest BCUT2D eigenvalue weighted by Gasteiger charge is -2.12. The highest BCUT2D eigenvalue weighted by Gasteiger charge is 2.12. The van der Waals surface area contributed by atoms with Crippen molar-refractivity contribution in [3.05, 3.63) is 66.0 Å². The average molecular weight is 283 g/mol. The van der Waals surface area contributed by atoms with Gasteiger partial charge in [0, 0.05) is 18.2 Å². The second kappa shape index (κ2) is 7.58.